The second-order valence-electron chi connectivity index (χ2n) is 5.56. The molecule has 1 fully saturated rings. The van der Waals surface area contributed by atoms with Crippen molar-refractivity contribution in [3.05, 3.63) is 42.2 Å². The average molecular weight is 314 g/mol. The van der Waals surface area contributed by atoms with E-state index in [0.717, 1.165) is 25.9 Å². The smallest absolute Gasteiger partial charge is 0.276 e. The number of hydrogen-bond donors (Lipinski definition) is 2. The molecule has 3 rings (SSSR count). The lowest BCUT2D eigenvalue weighted by Gasteiger charge is -2.22. The second kappa shape index (κ2) is 7.28. The summed E-state index contributed by atoms with van der Waals surface area (Å²) in [4.78, 5) is 12.4. The topological polar surface area (TPSA) is 68.2 Å². The highest BCUT2D eigenvalue weighted by Crippen LogP contribution is 2.24. The summed E-state index contributed by atoms with van der Waals surface area (Å²) in [5.74, 6) is 0.443. The summed E-state index contributed by atoms with van der Waals surface area (Å²) in [6.07, 6.45) is 4.09. The molecule has 23 heavy (non-hydrogen) atoms. The number of aromatic nitrogens is 2. The maximum atomic E-state index is 12.4. The molecule has 6 nitrogen and oxygen atoms in total. The van der Waals surface area contributed by atoms with Gasteiger partial charge < -0.3 is 15.4 Å². The predicted molar refractivity (Wildman–Crippen MR) is 88.9 cm³/mol. The molecule has 1 saturated heterocycles. The number of piperidine rings is 1. The van der Waals surface area contributed by atoms with Crippen LogP contribution in [-0.4, -0.2) is 35.4 Å². The van der Waals surface area contributed by atoms with Gasteiger partial charge in [0.1, 0.15) is 5.75 Å². The summed E-state index contributed by atoms with van der Waals surface area (Å²) in [6, 6.07) is 9.49. The van der Waals surface area contributed by atoms with Gasteiger partial charge in [0, 0.05) is 12.7 Å². The van der Waals surface area contributed by atoms with Crippen LogP contribution in [0.1, 0.15) is 36.3 Å². The first-order valence-corrected chi connectivity index (χ1v) is 8.07. The van der Waals surface area contributed by atoms with Crippen LogP contribution in [0.25, 0.3) is 0 Å². The Morgan fingerprint density at radius 2 is 2.30 bits per heavy atom. The highest BCUT2D eigenvalue weighted by molar-refractivity contribution is 6.03. The minimum Gasteiger partial charge on any atom is -0.492 e. The fourth-order valence-electron chi connectivity index (χ4n) is 2.76. The molecule has 0 bridgehead atoms. The lowest BCUT2D eigenvalue weighted by atomic mass is 10.1. The molecule has 2 N–H and O–H groups in total. The Hall–Kier alpha value is -2.34. The van der Waals surface area contributed by atoms with Gasteiger partial charge in [0.15, 0.2) is 5.69 Å². The Bertz CT molecular complexity index is 662. The lowest BCUT2D eigenvalue weighted by Crippen LogP contribution is -2.32. The van der Waals surface area contributed by atoms with Crippen LogP contribution in [0.3, 0.4) is 0 Å². The normalized spacial score (nSPS) is 17.7. The van der Waals surface area contributed by atoms with Crippen molar-refractivity contribution in [2.24, 2.45) is 0 Å². The Kier molecular flexibility index (Phi) is 4.92. The van der Waals surface area contributed by atoms with Gasteiger partial charge >= 0.3 is 0 Å². The molecule has 1 aromatic carbocycles. The van der Waals surface area contributed by atoms with Gasteiger partial charge in [-0.25, -0.2) is 0 Å². The number of nitrogens with one attached hydrogen (secondary N) is 2. The third-order valence-corrected chi connectivity index (χ3v) is 3.92. The van der Waals surface area contributed by atoms with E-state index in [9.17, 15) is 4.79 Å². The Balaban J connectivity index is 1.70. The number of amides is 1. The van der Waals surface area contributed by atoms with E-state index >= 15 is 0 Å². The van der Waals surface area contributed by atoms with Gasteiger partial charge in [-0.3, -0.25) is 9.48 Å². The minimum absolute atomic E-state index is 0.223. The molecule has 2 heterocycles. The number of rotatable bonds is 5. The van der Waals surface area contributed by atoms with Crippen LogP contribution in [0, 0.1) is 0 Å². The minimum atomic E-state index is -0.223. The predicted octanol–water partition coefficient (Wildman–Crippen LogP) is 2.46. The largest absolute Gasteiger partial charge is 0.492 e. The summed E-state index contributed by atoms with van der Waals surface area (Å²) in [5.41, 5.74) is 1.08. The van der Waals surface area contributed by atoms with Gasteiger partial charge in [-0.05, 0) is 44.5 Å². The third-order valence-electron chi connectivity index (χ3n) is 3.92. The van der Waals surface area contributed by atoms with Crippen molar-refractivity contribution < 1.29 is 9.53 Å². The van der Waals surface area contributed by atoms with E-state index in [-0.39, 0.29) is 5.91 Å². The van der Waals surface area contributed by atoms with Gasteiger partial charge in [0.2, 0.25) is 0 Å². The molecule has 2 aromatic rings. The van der Waals surface area contributed by atoms with Gasteiger partial charge in [-0.2, -0.15) is 5.10 Å². The van der Waals surface area contributed by atoms with E-state index in [1.807, 2.05) is 42.1 Å². The summed E-state index contributed by atoms with van der Waals surface area (Å²) in [7, 11) is 0. The van der Waals surface area contributed by atoms with Crippen LogP contribution in [0.15, 0.2) is 36.5 Å². The summed E-state index contributed by atoms with van der Waals surface area (Å²) in [5, 5.41) is 10.7. The van der Waals surface area contributed by atoms with E-state index in [1.54, 1.807) is 6.07 Å². The van der Waals surface area contributed by atoms with Crippen LogP contribution >= 0.6 is 0 Å². The Morgan fingerprint density at radius 1 is 1.43 bits per heavy atom. The average Bonchev–Trinajstić information content (AvgIpc) is 3.08. The van der Waals surface area contributed by atoms with Crippen molar-refractivity contribution >= 4 is 11.6 Å². The second-order valence-corrected chi connectivity index (χ2v) is 5.56. The molecule has 1 aromatic heterocycles. The van der Waals surface area contributed by atoms with Crippen molar-refractivity contribution in [1.29, 1.82) is 0 Å². The highest BCUT2D eigenvalue weighted by Gasteiger charge is 2.18. The summed E-state index contributed by atoms with van der Waals surface area (Å²) in [6.45, 7) is 4.42. The quantitative estimate of drug-likeness (QED) is 0.889. The van der Waals surface area contributed by atoms with Gasteiger partial charge in [-0.15, -0.1) is 0 Å². The SMILES string of the molecule is CCOc1ccccc1NC(=O)c1ccn(C2CCCNC2)n1. The molecule has 0 saturated carbocycles. The van der Waals surface area contributed by atoms with E-state index in [1.165, 1.54) is 0 Å². The number of anilines is 1. The number of nitrogens with zero attached hydrogens (tertiary/aromatic N) is 2. The maximum Gasteiger partial charge on any atom is 0.276 e. The molecule has 0 aliphatic carbocycles. The molecule has 1 unspecified atom stereocenters. The van der Waals surface area contributed by atoms with Crippen LogP contribution in [-0.2, 0) is 0 Å². The van der Waals surface area contributed by atoms with E-state index in [4.69, 9.17) is 4.74 Å². The fourth-order valence-corrected chi connectivity index (χ4v) is 2.76. The molecule has 0 spiro atoms. The molecular formula is C17H22N4O2. The van der Waals surface area contributed by atoms with E-state index in [0.29, 0.717) is 29.8 Å². The number of para-hydroxylation sites is 2. The first-order valence-electron chi connectivity index (χ1n) is 8.07. The molecule has 6 heteroatoms. The fraction of sp³-hybridized carbons (Fsp3) is 0.412. The first-order chi connectivity index (χ1) is 11.3. The maximum absolute atomic E-state index is 12.4. The van der Waals surface area contributed by atoms with Crippen molar-refractivity contribution in [3.63, 3.8) is 0 Å². The molecular weight excluding hydrogens is 292 g/mol. The molecule has 1 aliphatic heterocycles. The van der Waals surface area contributed by atoms with E-state index < -0.39 is 0 Å². The molecule has 122 valence electrons. The number of ether oxygens (including phenoxy) is 1. The number of carbonyl (C=O) groups excluding carboxylic acids is 1. The molecule has 1 atom stereocenters. The monoisotopic (exact) mass is 314 g/mol. The van der Waals surface area contributed by atoms with Crippen molar-refractivity contribution in [2.45, 2.75) is 25.8 Å². The lowest BCUT2D eigenvalue weighted by molar-refractivity contribution is 0.102. The van der Waals surface area contributed by atoms with Crippen LogP contribution in [0.2, 0.25) is 0 Å². The van der Waals surface area contributed by atoms with Crippen LogP contribution in [0.4, 0.5) is 5.69 Å². The Labute approximate surface area is 135 Å². The zero-order chi connectivity index (χ0) is 16.1. The van der Waals surface area contributed by atoms with Crippen LogP contribution in [0.5, 0.6) is 5.75 Å². The van der Waals surface area contributed by atoms with Crippen molar-refractivity contribution in [3.8, 4) is 5.75 Å². The van der Waals surface area contributed by atoms with Gasteiger partial charge in [0.25, 0.3) is 5.91 Å². The zero-order valence-electron chi connectivity index (χ0n) is 13.3. The standard InChI is InChI=1S/C17H22N4O2/c1-2-23-16-8-4-3-7-14(16)19-17(22)15-9-11-21(20-15)13-6-5-10-18-12-13/h3-4,7-9,11,13,18H,2,5-6,10,12H2,1H3,(H,19,22). The third kappa shape index (κ3) is 3.71. The van der Waals surface area contributed by atoms with Gasteiger partial charge in [0.05, 0.1) is 18.3 Å². The highest BCUT2D eigenvalue weighted by atomic mass is 16.5. The number of hydrogen-bond acceptors (Lipinski definition) is 4. The molecule has 1 aliphatic rings. The molecule has 0 radical (unpaired) electrons. The Morgan fingerprint density at radius 3 is 3.09 bits per heavy atom. The number of benzene rings is 1. The summed E-state index contributed by atoms with van der Waals surface area (Å²) >= 11 is 0. The van der Waals surface area contributed by atoms with Crippen molar-refractivity contribution in [1.82, 2.24) is 15.1 Å². The number of carbonyl (C=O) groups is 1. The van der Waals surface area contributed by atoms with Crippen LogP contribution < -0.4 is 15.4 Å². The first kappa shape index (κ1) is 15.6. The van der Waals surface area contributed by atoms with Gasteiger partial charge in [-0.1, -0.05) is 12.1 Å². The van der Waals surface area contributed by atoms with E-state index in [2.05, 4.69) is 15.7 Å². The molecule has 1 amide bonds. The zero-order valence-corrected chi connectivity index (χ0v) is 13.3. The van der Waals surface area contributed by atoms with Crippen molar-refractivity contribution in [2.75, 3.05) is 25.0 Å². The summed E-state index contributed by atoms with van der Waals surface area (Å²) < 4.78 is 7.41.